The van der Waals surface area contributed by atoms with Gasteiger partial charge in [0.1, 0.15) is 23.7 Å². The van der Waals surface area contributed by atoms with E-state index in [-0.39, 0.29) is 24.4 Å². The number of hydrogen-bond acceptors (Lipinski definition) is 9. The zero-order valence-corrected chi connectivity index (χ0v) is 25.8. The Labute approximate surface area is 243 Å². The van der Waals surface area contributed by atoms with Crippen molar-refractivity contribution in [3.05, 3.63) is 53.6 Å². The average molecular weight is 591 g/mol. The number of alkyl carbamates (subject to hydrolysis) is 1. The van der Waals surface area contributed by atoms with Gasteiger partial charge >= 0.3 is 6.09 Å². The SMILES string of the molecule is COc1ccc(N2CCCC(C)(C)C2)cc1C(=O)c1cccc(OC[C@@H](COS(C)(=O)=O)NC(=O)OC(C)(C)C)c1. The number of hydrogen-bond donors (Lipinski definition) is 1. The van der Waals surface area contributed by atoms with Crippen molar-refractivity contribution >= 4 is 27.7 Å². The van der Waals surface area contributed by atoms with Gasteiger partial charge in [0, 0.05) is 24.3 Å². The standard InChI is InChI=1S/C30H42N2O8S/c1-29(2,3)40-28(34)31-22(19-39-41(7,35)36)18-38-24-11-8-10-21(16-24)27(33)25-17-23(12-13-26(25)37-6)32-15-9-14-30(4,5)20-32/h8,10-13,16-17,22H,9,14-15,18-20H2,1-7H3,(H,31,34)/t22-/m0/s1. The molecule has 41 heavy (non-hydrogen) atoms. The molecule has 226 valence electrons. The number of ether oxygens (including phenoxy) is 3. The number of nitrogens with one attached hydrogen (secondary N) is 1. The lowest BCUT2D eigenvalue weighted by molar-refractivity contribution is 0.0466. The minimum absolute atomic E-state index is 0.129. The van der Waals surface area contributed by atoms with E-state index in [1.807, 2.05) is 18.2 Å². The van der Waals surface area contributed by atoms with Crippen LogP contribution in [-0.2, 0) is 19.0 Å². The minimum atomic E-state index is -3.75. The van der Waals surface area contributed by atoms with Gasteiger partial charge < -0.3 is 24.4 Å². The minimum Gasteiger partial charge on any atom is -0.496 e. The first-order valence-corrected chi connectivity index (χ1v) is 15.4. The lowest BCUT2D eigenvalue weighted by Gasteiger charge is -2.39. The van der Waals surface area contributed by atoms with E-state index in [2.05, 4.69) is 24.1 Å². The molecule has 2 aromatic rings. The first kappa shape index (κ1) is 32.2. The molecular weight excluding hydrogens is 548 g/mol. The van der Waals surface area contributed by atoms with E-state index in [0.29, 0.717) is 22.6 Å². The van der Waals surface area contributed by atoms with E-state index in [4.69, 9.17) is 18.4 Å². The van der Waals surface area contributed by atoms with Gasteiger partial charge in [0.25, 0.3) is 10.1 Å². The van der Waals surface area contributed by atoms with E-state index in [1.165, 1.54) is 7.11 Å². The third-order valence-electron chi connectivity index (χ3n) is 6.44. The fourth-order valence-electron chi connectivity index (χ4n) is 4.60. The van der Waals surface area contributed by atoms with Crippen molar-refractivity contribution in [1.29, 1.82) is 0 Å². The molecule has 0 radical (unpaired) electrons. The van der Waals surface area contributed by atoms with Crippen LogP contribution in [0.4, 0.5) is 10.5 Å². The normalized spacial score (nSPS) is 16.0. The van der Waals surface area contributed by atoms with Crippen LogP contribution >= 0.6 is 0 Å². The second-order valence-electron chi connectivity index (χ2n) is 12.1. The molecule has 1 heterocycles. The fourth-order valence-corrected chi connectivity index (χ4v) is 5.02. The molecule has 1 atom stereocenters. The van der Waals surface area contributed by atoms with Gasteiger partial charge in [-0.15, -0.1) is 0 Å². The first-order chi connectivity index (χ1) is 19.0. The van der Waals surface area contributed by atoms with Crippen LogP contribution in [0, 0.1) is 5.41 Å². The number of anilines is 1. The van der Waals surface area contributed by atoms with Crippen LogP contribution in [0.2, 0.25) is 0 Å². The van der Waals surface area contributed by atoms with Gasteiger partial charge in [-0.05, 0) is 69.4 Å². The molecule has 0 spiro atoms. The molecule has 1 aliphatic rings. The molecule has 1 N–H and O–H groups in total. The number of rotatable bonds is 11. The summed E-state index contributed by atoms with van der Waals surface area (Å²) in [4.78, 5) is 28.2. The molecule has 1 aliphatic heterocycles. The summed E-state index contributed by atoms with van der Waals surface area (Å²) in [6, 6.07) is 11.5. The van der Waals surface area contributed by atoms with Crippen LogP contribution in [0.25, 0.3) is 0 Å². The lowest BCUT2D eigenvalue weighted by Crippen LogP contribution is -2.45. The quantitative estimate of drug-likeness (QED) is 0.291. The van der Waals surface area contributed by atoms with E-state index < -0.39 is 27.9 Å². The third-order valence-corrected chi connectivity index (χ3v) is 7.01. The molecule has 11 heteroatoms. The molecule has 1 fully saturated rings. The molecule has 0 unspecified atom stereocenters. The molecule has 1 amide bonds. The van der Waals surface area contributed by atoms with Crippen molar-refractivity contribution in [2.75, 3.05) is 44.6 Å². The van der Waals surface area contributed by atoms with Crippen molar-refractivity contribution in [1.82, 2.24) is 5.32 Å². The van der Waals surface area contributed by atoms with Crippen molar-refractivity contribution < 1.29 is 36.4 Å². The van der Waals surface area contributed by atoms with Crippen molar-refractivity contribution in [2.45, 2.75) is 59.1 Å². The van der Waals surface area contributed by atoms with Gasteiger partial charge in [0.2, 0.25) is 0 Å². The summed E-state index contributed by atoms with van der Waals surface area (Å²) in [6.45, 7) is 11.0. The van der Waals surface area contributed by atoms with Crippen LogP contribution in [0.5, 0.6) is 11.5 Å². The number of amides is 1. The summed E-state index contributed by atoms with van der Waals surface area (Å²) in [5.74, 6) is 0.606. The molecule has 2 aromatic carbocycles. The van der Waals surface area contributed by atoms with Gasteiger partial charge in [-0.25, -0.2) is 4.79 Å². The largest absolute Gasteiger partial charge is 0.496 e. The first-order valence-electron chi connectivity index (χ1n) is 13.6. The van der Waals surface area contributed by atoms with Gasteiger partial charge in [0.15, 0.2) is 5.78 Å². The third kappa shape index (κ3) is 10.2. The van der Waals surface area contributed by atoms with Gasteiger partial charge in [-0.1, -0.05) is 26.0 Å². The monoisotopic (exact) mass is 590 g/mol. The highest BCUT2D eigenvalue weighted by Crippen LogP contribution is 2.34. The fraction of sp³-hybridized carbons (Fsp3) is 0.533. The second kappa shape index (κ2) is 13.1. The van der Waals surface area contributed by atoms with Crippen molar-refractivity contribution in [3.8, 4) is 11.5 Å². The Bertz CT molecular complexity index is 1330. The van der Waals surface area contributed by atoms with Crippen LogP contribution < -0.4 is 19.7 Å². The molecule has 10 nitrogen and oxygen atoms in total. The highest BCUT2D eigenvalue weighted by Gasteiger charge is 2.28. The molecular formula is C30H42N2O8S. The number of methoxy groups -OCH3 is 1. The van der Waals surface area contributed by atoms with E-state index >= 15 is 0 Å². The summed E-state index contributed by atoms with van der Waals surface area (Å²) in [5, 5.41) is 2.57. The number of ketones is 1. The Morgan fingerprint density at radius 1 is 1.10 bits per heavy atom. The zero-order valence-electron chi connectivity index (χ0n) is 25.0. The van der Waals surface area contributed by atoms with Crippen LogP contribution in [0.1, 0.15) is 63.4 Å². The predicted molar refractivity (Wildman–Crippen MR) is 158 cm³/mol. The highest BCUT2D eigenvalue weighted by molar-refractivity contribution is 7.85. The molecule has 0 aromatic heterocycles. The number of carbonyl (C=O) groups excluding carboxylic acids is 2. The Morgan fingerprint density at radius 2 is 1.83 bits per heavy atom. The molecule has 0 saturated carbocycles. The van der Waals surface area contributed by atoms with Gasteiger partial charge in [-0.3, -0.25) is 8.98 Å². The summed E-state index contributed by atoms with van der Waals surface area (Å²) in [5.41, 5.74) is 1.25. The number of piperidine rings is 1. The second-order valence-corrected chi connectivity index (χ2v) is 13.7. The maximum absolute atomic E-state index is 13.7. The smallest absolute Gasteiger partial charge is 0.408 e. The topological polar surface area (TPSA) is 120 Å². The van der Waals surface area contributed by atoms with E-state index in [9.17, 15) is 18.0 Å². The molecule has 0 bridgehead atoms. The Morgan fingerprint density at radius 3 is 2.46 bits per heavy atom. The van der Waals surface area contributed by atoms with Crippen LogP contribution in [-0.4, -0.2) is 71.6 Å². The van der Waals surface area contributed by atoms with E-state index in [0.717, 1.165) is 37.9 Å². The van der Waals surface area contributed by atoms with Crippen molar-refractivity contribution in [3.63, 3.8) is 0 Å². The maximum atomic E-state index is 13.7. The number of nitrogens with zero attached hydrogens (tertiary/aromatic N) is 1. The van der Waals surface area contributed by atoms with Crippen LogP contribution in [0.3, 0.4) is 0 Å². The molecule has 1 saturated heterocycles. The lowest BCUT2D eigenvalue weighted by atomic mass is 9.84. The highest BCUT2D eigenvalue weighted by atomic mass is 32.2. The molecule has 0 aliphatic carbocycles. The summed E-state index contributed by atoms with van der Waals surface area (Å²) in [7, 11) is -2.22. The Balaban J connectivity index is 1.77. The van der Waals surface area contributed by atoms with Crippen molar-refractivity contribution in [2.24, 2.45) is 5.41 Å². The molecule has 3 rings (SSSR count). The Hall–Kier alpha value is -3.31. The van der Waals surface area contributed by atoms with Crippen LogP contribution in [0.15, 0.2) is 42.5 Å². The summed E-state index contributed by atoms with van der Waals surface area (Å²) >= 11 is 0. The number of benzene rings is 2. The van der Waals surface area contributed by atoms with Gasteiger partial charge in [-0.2, -0.15) is 8.42 Å². The number of carbonyl (C=O) groups is 2. The predicted octanol–water partition coefficient (Wildman–Crippen LogP) is 4.80. The maximum Gasteiger partial charge on any atom is 0.408 e. The average Bonchev–Trinajstić information content (AvgIpc) is 2.87. The zero-order chi connectivity index (χ0) is 30.4. The summed E-state index contributed by atoms with van der Waals surface area (Å²) < 4.78 is 44.6. The summed E-state index contributed by atoms with van der Waals surface area (Å²) in [6.07, 6.45) is 2.42. The van der Waals surface area contributed by atoms with Gasteiger partial charge in [0.05, 0.1) is 31.6 Å². The Kier molecular flexibility index (Phi) is 10.3. The van der Waals surface area contributed by atoms with E-state index in [1.54, 1.807) is 45.0 Å².